The van der Waals surface area contributed by atoms with Crippen molar-refractivity contribution in [3.8, 4) is 11.5 Å². The summed E-state index contributed by atoms with van der Waals surface area (Å²) in [5.74, 6) is 1.69. The molecule has 4 rings (SSSR count). The lowest BCUT2D eigenvalue weighted by atomic mass is 10.0. The van der Waals surface area contributed by atoms with Crippen molar-refractivity contribution in [2.45, 2.75) is 25.4 Å². The van der Waals surface area contributed by atoms with Gasteiger partial charge in [0.2, 0.25) is 0 Å². The van der Waals surface area contributed by atoms with Gasteiger partial charge in [-0.15, -0.1) is 0 Å². The molecule has 27 heavy (non-hydrogen) atoms. The summed E-state index contributed by atoms with van der Waals surface area (Å²) in [6.45, 7) is 3.07. The Morgan fingerprint density at radius 3 is 2.52 bits per heavy atom. The normalized spacial score (nSPS) is 15.8. The van der Waals surface area contributed by atoms with E-state index >= 15 is 0 Å². The van der Waals surface area contributed by atoms with E-state index in [1.54, 1.807) is 14.2 Å². The number of nitrogens with one attached hydrogen (secondary N) is 2. The molecule has 0 aliphatic carbocycles. The van der Waals surface area contributed by atoms with Crippen LogP contribution in [0.25, 0.3) is 10.9 Å². The monoisotopic (exact) mass is 366 g/mol. The van der Waals surface area contributed by atoms with Crippen LogP contribution in [0.3, 0.4) is 0 Å². The number of fused-ring (bicyclic) bond motifs is 1. The highest BCUT2D eigenvalue weighted by atomic mass is 16.5. The second kappa shape index (κ2) is 7.88. The van der Waals surface area contributed by atoms with Gasteiger partial charge in [-0.2, -0.15) is 5.10 Å². The minimum absolute atomic E-state index is 0.505. The van der Waals surface area contributed by atoms with Crippen LogP contribution in [-0.2, 0) is 6.54 Å². The van der Waals surface area contributed by atoms with Crippen molar-refractivity contribution in [1.29, 1.82) is 0 Å². The SMILES string of the molecule is COc1cc(CN2CCC(Nc3ccc4[nH]ncc4c3)CC2)cc(OC)c1. The van der Waals surface area contributed by atoms with E-state index in [0.29, 0.717) is 6.04 Å². The molecule has 1 aromatic heterocycles. The Morgan fingerprint density at radius 1 is 1.07 bits per heavy atom. The number of hydrogen-bond acceptors (Lipinski definition) is 5. The van der Waals surface area contributed by atoms with Gasteiger partial charge in [0.05, 0.1) is 25.9 Å². The molecule has 0 bridgehead atoms. The lowest BCUT2D eigenvalue weighted by molar-refractivity contribution is 0.211. The summed E-state index contributed by atoms with van der Waals surface area (Å²) in [6, 6.07) is 13.0. The number of aromatic nitrogens is 2. The van der Waals surface area contributed by atoms with E-state index in [4.69, 9.17) is 9.47 Å². The lowest BCUT2D eigenvalue weighted by Gasteiger charge is -2.33. The van der Waals surface area contributed by atoms with Crippen molar-refractivity contribution in [3.05, 3.63) is 48.2 Å². The number of likely N-dealkylation sites (tertiary alicyclic amines) is 1. The molecular formula is C21H26N4O2. The third-order valence-corrected chi connectivity index (χ3v) is 5.22. The Labute approximate surface area is 159 Å². The molecule has 1 saturated heterocycles. The van der Waals surface area contributed by atoms with E-state index in [9.17, 15) is 0 Å². The minimum atomic E-state index is 0.505. The molecule has 1 fully saturated rings. The molecule has 0 atom stereocenters. The van der Waals surface area contributed by atoms with Gasteiger partial charge in [-0.3, -0.25) is 10.00 Å². The molecule has 142 valence electrons. The molecule has 6 heteroatoms. The second-order valence-corrected chi connectivity index (χ2v) is 7.09. The molecule has 2 aromatic carbocycles. The zero-order valence-electron chi connectivity index (χ0n) is 15.9. The number of anilines is 1. The van der Waals surface area contributed by atoms with Gasteiger partial charge < -0.3 is 14.8 Å². The van der Waals surface area contributed by atoms with E-state index in [0.717, 1.165) is 54.9 Å². The Kier molecular flexibility index (Phi) is 5.16. The van der Waals surface area contributed by atoms with Crippen LogP contribution in [0.1, 0.15) is 18.4 Å². The van der Waals surface area contributed by atoms with Gasteiger partial charge in [0, 0.05) is 42.8 Å². The highest BCUT2D eigenvalue weighted by Crippen LogP contribution is 2.25. The molecule has 0 spiro atoms. The van der Waals surface area contributed by atoms with Crippen molar-refractivity contribution in [2.24, 2.45) is 0 Å². The zero-order chi connectivity index (χ0) is 18.6. The molecule has 1 aliphatic rings. The quantitative estimate of drug-likeness (QED) is 0.697. The number of methoxy groups -OCH3 is 2. The van der Waals surface area contributed by atoms with Gasteiger partial charge in [-0.1, -0.05) is 0 Å². The van der Waals surface area contributed by atoms with E-state index < -0.39 is 0 Å². The number of piperidine rings is 1. The maximum Gasteiger partial charge on any atom is 0.122 e. The molecule has 0 amide bonds. The Morgan fingerprint density at radius 2 is 1.81 bits per heavy atom. The van der Waals surface area contributed by atoms with E-state index in [1.165, 1.54) is 11.3 Å². The van der Waals surface area contributed by atoms with Crippen molar-refractivity contribution < 1.29 is 9.47 Å². The molecule has 3 aromatic rings. The van der Waals surface area contributed by atoms with Crippen LogP contribution >= 0.6 is 0 Å². The van der Waals surface area contributed by atoms with E-state index in [1.807, 2.05) is 12.3 Å². The lowest BCUT2D eigenvalue weighted by Crippen LogP contribution is -2.38. The molecule has 0 unspecified atom stereocenters. The zero-order valence-corrected chi connectivity index (χ0v) is 15.9. The van der Waals surface area contributed by atoms with Crippen LogP contribution in [0.4, 0.5) is 5.69 Å². The van der Waals surface area contributed by atoms with E-state index in [-0.39, 0.29) is 0 Å². The fraction of sp³-hybridized carbons (Fsp3) is 0.381. The topological polar surface area (TPSA) is 62.4 Å². The summed E-state index contributed by atoms with van der Waals surface area (Å²) in [6.07, 6.45) is 4.13. The largest absolute Gasteiger partial charge is 0.497 e. The number of nitrogens with zero attached hydrogens (tertiary/aromatic N) is 2. The number of ether oxygens (including phenoxy) is 2. The number of benzene rings is 2. The average Bonchev–Trinajstić information content (AvgIpc) is 3.17. The van der Waals surface area contributed by atoms with Crippen molar-refractivity contribution in [2.75, 3.05) is 32.6 Å². The van der Waals surface area contributed by atoms with Crippen molar-refractivity contribution in [1.82, 2.24) is 15.1 Å². The van der Waals surface area contributed by atoms with Crippen LogP contribution in [0.5, 0.6) is 11.5 Å². The van der Waals surface area contributed by atoms with Gasteiger partial charge in [0.15, 0.2) is 0 Å². The standard InChI is InChI=1S/C21H26N4O2/c1-26-19-9-15(10-20(12-19)27-2)14-25-7-5-17(6-8-25)23-18-3-4-21-16(11-18)13-22-24-21/h3-4,9-13,17,23H,5-8,14H2,1-2H3,(H,22,24). The van der Waals surface area contributed by atoms with Crippen LogP contribution in [0.2, 0.25) is 0 Å². The predicted octanol–water partition coefficient (Wildman–Crippen LogP) is 3.66. The first-order valence-corrected chi connectivity index (χ1v) is 9.37. The summed E-state index contributed by atoms with van der Waals surface area (Å²) in [7, 11) is 3.38. The van der Waals surface area contributed by atoms with Crippen LogP contribution in [-0.4, -0.2) is 48.4 Å². The molecule has 0 radical (unpaired) electrons. The average molecular weight is 366 g/mol. The maximum atomic E-state index is 5.38. The van der Waals surface area contributed by atoms with Gasteiger partial charge in [-0.25, -0.2) is 0 Å². The van der Waals surface area contributed by atoms with E-state index in [2.05, 4.69) is 50.7 Å². The summed E-state index contributed by atoms with van der Waals surface area (Å²) >= 11 is 0. The van der Waals surface area contributed by atoms with Crippen molar-refractivity contribution >= 4 is 16.6 Å². The highest BCUT2D eigenvalue weighted by Gasteiger charge is 2.19. The second-order valence-electron chi connectivity index (χ2n) is 7.09. The third-order valence-electron chi connectivity index (χ3n) is 5.22. The fourth-order valence-electron chi connectivity index (χ4n) is 3.72. The number of H-pyrrole nitrogens is 1. The number of aromatic amines is 1. The first-order chi connectivity index (χ1) is 13.2. The van der Waals surface area contributed by atoms with Gasteiger partial charge >= 0.3 is 0 Å². The first-order valence-electron chi connectivity index (χ1n) is 9.37. The van der Waals surface area contributed by atoms with Crippen LogP contribution < -0.4 is 14.8 Å². The summed E-state index contributed by atoms with van der Waals surface area (Å²) in [4.78, 5) is 2.49. The maximum absolute atomic E-state index is 5.38. The van der Waals surface area contributed by atoms with Gasteiger partial charge in [0.1, 0.15) is 11.5 Å². The third kappa shape index (κ3) is 4.17. The Bertz CT molecular complexity index is 878. The van der Waals surface area contributed by atoms with Crippen LogP contribution in [0.15, 0.2) is 42.6 Å². The fourth-order valence-corrected chi connectivity index (χ4v) is 3.72. The summed E-state index contributed by atoms with van der Waals surface area (Å²) < 4.78 is 10.8. The summed E-state index contributed by atoms with van der Waals surface area (Å²) in [5.41, 5.74) is 3.46. The van der Waals surface area contributed by atoms with Gasteiger partial charge in [-0.05, 0) is 48.7 Å². The summed E-state index contributed by atoms with van der Waals surface area (Å²) in [5, 5.41) is 11.9. The highest BCUT2D eigenvalue weighted by molar-refractivity contribution is 5.81. The number of rotatable bonds is 6. The molecular weight excluding hydrogens is 340 g/mol. The smallest absolute Gasteiger partial charge is 0.122 e. The first kappa shape index (κ1) is 17.7. The molecule has 2 N–H and O–H groups in total. The Balaban J connectivity index is 1.33. The van der Waals surface area contributed by atoms with Crippen LogP contribution in [0, 0.1) is 0 Å². The molecule has 2 heterocycles. The predicted molar refractivity (Wildman–Crippen MR) is 108 cm³/mol. The van der Waals surface area contributed by atoms with Gasteiger partial charge in [0.25, 0.3) is 0 Å². The molecule has 0 saturated carbocycles. The Hall–Kier alpha value is -2.73. The minimum Gasteiger partial charge on any atom is -0.497 e. The number of hydrogen-bond donors (Lipinski definition) is 2. The van der Waals surface area contributed by atoms with Crippen molar-refractivity contribution in [3.63, 3.8) is 0 Å². The molecule has 6 nitrogen and oxygen atoms in total. The molecule has 1 aliphatic heterocycles.